The minimum absolute atomic E-state index is 0.400. The Morgan fingerprint density at radius 2 is 1.93 bits per heavy atom. The first-order valence-corrected chi connectivity index (χ1v) is 6.18. The van der Waals surface area contributed by atoms with Gasteiger partial charge >= 0.3 is 0 Å². The Balaban J connectivity index is 1.70. The Kier molecular flexibility index (Phi) is 3.45. The van der Waals surface area contributed by atoms with E-state index in [2.05, 4.69) is 11.8 Å². The molecule has 0 unspecified atom stereocenters. The van der Waals surface area contributed by atoms with Crippen molar-refractivity contribution in [2.75, 3.05) is 19.7 Å². The van der Waals surface area contributed by atoms with Gasteiger partial charge in [0.2, 0.25) is 0 Å². The van der Waals surface area contributed by atoms with Gasteiger partial charge in [0.25, 0.3) is 0 Å². The maximum Gasteiger partial charge on any atom is 0.0460 e. The van der Waals surface area contributed by atoms with Gasteiger partial charge < -0.3 is 10.0 Å². The third-order valence-electron chi connectivity index (χ3n) is 4.11. The smallest absolute Gasteiger partial charge is 0.0460 e. The minimum Gasteiger partial charge on any atom is -0.396 e. The lowest BCUT2D eigenvalue weighted by Gasteiger charge is -2.44. The van der Waals surface area contributed by atoms with Crippen molar-refractivity contribution in [3.05, 3.63) is 0 Å². The molecule has 0 atom stereocenters. The molecule has 0 spiro atoms. The summed E-state index contributed by atoms with van der Waals surface area (Å²) < 4.78 is 0. The fraction of sp³-hybridized carbons (Fsp3) is 1.00. The van der Waals surface area contributed by atoms with Gasteiger partial charge in [0.15, 0.2) is 0 Å². The van der Waals surface area contributed by atoms with E-state index in [1.807, 2.05) is 0 Å². The fourth-order valence-electron chi connectivity index (χ4n) is 2.69. The summed E-state index contributed by atoms with van der Waals surface area (Å²) in [6.07, 6.45) is 6.82. The molecular formula is C12H23NO. The third kappa shape index (κ3) is 2.12. The van der Waals surface area contributed by atoms with Gasteiger partial charge in [-0.3, -0.25) is 0 Å². The molecule has 2 rings (SSSR count). The van der Waals surface area contributed by atoms with Crippen LogP contribution in [0.2, 0.25) is 0 Å². The van der Waals surface area contributed by atoms with Crippen LogP contribution >= 0.6 is 0 Å². The summed E-state index contributed by atoms with van der Waals surface area (Å²) in [6.45, 7) is 5.18. The van der Waals surface area contributed by atoms with Crippen LogP contribution in [0.3, 0.4) is 0 Å². The van der Waals surface area contributed by atoms with E-state index in [0.29, 0.717) is 12.5 Å². The molecular weight excluding hydrogens is 174 g/mol. The molecule has 1 N–H and O–H groups in total. The number of hydrogen-bond donors (Lipinski definition) is 1. The van der Waals surface area contributed by atoms with E-state index in [0.717, 1.165) is 12.0 Å². The summed E-state index contributed by atoms with van der Waals surface area (Å²) in [6, 6.07) is 0.790. The summed E-state index contributed by atoms with van der Waals surface area (Å²) in [4.78, 5) is 2.63. The number of rotatable bonds is 5. The average molecular weight is 197 g/mol. The van der Waals surface area contributed by atoms with Crippen molar-refractivity contribution < 1.29 is 5.11 Å². The van der Waals surface area contributed by atoms with Crippen LogP contribution < -0.4 is 0 Å². The lowest BCUT2D eigenvalue weighted by molar-refractivity contribution is 0.0306. The van der Waals surface area contributed by atoms with E-state index in [4.69, 9.17) is 5.11 Å². The van der Waals surface area contributed by atoms with Crippen LogP contribution in [0.5, 0.6) is 0 Å². The highest BCUT2D eigenvalue weighted by atomic mass is 16.3. The van der Waals surface area contributed by atoms with Crippen LogP contribution in [0, 0.1) is 11.8 Å². The van der Waals surface area contributed by atoms with Crippen LogP contribution in [0.1, 0.15) is 39.0 Å². The summed E-state index contributed by atoms with van der Waals surface area (Å²) in [5, 5.41) is 8.98. The third-order valence-corrected chi connectivity index (χ3v) is 4.11. The van der Waals surface area contributed by atoms with Crippen molar-refractivity contribution in [2.24, 2.45) is 11.8 Å². The van der Waals surface area contributed by atoms with Crippen molar-refractivity contribution in [2.45, 2.75) is 45.1 Å². The van der Waals surface area contributed by atoms with Gasteiger partial charge in [0.05, 0.1) is 0 Å². The second-order valence-corrected chi connectivity index (χ2v) is 5.06. The molecule has 0 aliphatic heterocycles. The average Bonchev–Trinajstić information content (AvgIpc) is 2.05. The molecule has 0 aromatic heterocycles. The number of aliphatic hydroxyl groups excluding tert-OH is 1. The number of aliphatic hydroxyl groups is 1. The van der Waals surface area contributed by atoms with E-state index in [9.17, 15) is 0 Å². The first-order chi connectivity index (χ1) is 6.83. The maximum atomic E-state index is 8.98. The topological polar surface area (TPSA) is 23.5 Å². The maximum absolute atomic E-state index is 8.98. The largest absolute Gasteiger partial charge is 0.396 e. The molecule has 14 heavy (non-hydrogen) atoms. The molecule has 2 nitrogen and oxygen atoms in total. The second kappa shape index (κ2) is 4.63. The van der Waals surface area contributed by atoms with Gasteiger partial charge in [-0.05, 0) is 44.1 Å². The molecule has 2 saturated carbocycles. The SMILES string of the molecule is CCN(CC1CCC1)C1CC(CO)C1. The van der Waals surface area contributed by atoms with Crippen molar-refractivity contribution >= 4 is 0 Å². The number of hydrogen-bond acceptors (Lipinski definition) is 2. The van der Waals surface area contributed by atoms with Crippen molar-refractivity contribution in [3.8, 4) is 0 Å². The predicted octanol–water partition coefficient (Wildman–Crippen LogP) is 1.88. The summed E-state index contributed by atoms with van der Waals surface area (Å²) >= 11 is 0. The van der Waals surface area contributed by atoms with Gasteiger partial charge in [-0.15, -0.1) is 0 Å². The lowest BCUT2D eigenvalue weighted by Crippen LogP contribution is -2.48. The Bertz CT molecular complexity index is 173. The molecule has 0 bridgehead atoms. The lowest BCUT2D eigenvalue weighted by atomic mass is 9.78. The van der Waals surface area contributed by atoms with Crippen LogP contribution in [0.4, 0.5) is 0 Å². The highest BCUT2D eigenvalue weighted by molar-refractivity contribution is 4.88. The Hall–Kier alpha value is -0.0800. The molecule has 2 aliphatic rings. The van der Waals surface area contributed by atoms with Gasteiger partial charge in [-0.25, -0.2) is 0 Å². The summed E-state index contributed by atoms with van der Waals surface area (Å²) in [7, 11) is 0. The summed E-state index contributed by atoms with van der Waals surface area (Å²) in [5.41, 5.74) is 0. The molecule has 0 aromatic rings. The highest BCUT2D eigenvalue weighted by Gasteiger charge is 2.33. The molecule has 0 heterocycles. The van der Waals surface area contributed by atoms with Gasteiger partial charge in [-0.2, -0.15) is 0 Å². The zero-order valence-corrected chi connectivity index (χ0v) is 9.28. The van der Waals surface area contributed by atoms with Crippen LogP contribution in [-0.2, 0) is 0 Å². The highest BCUT2D eigenvalue weighted by Crippen LogP contribution is 2.34. The standard InChI is InChI=1S/C12H23NO/c1-2-13(8-10-4-3-5-10)12-6-11(7-12)9-14/h10-12,14H,2-9H2,1H3. The van der Waals surface area contributed by atoms with Crippen molar-refractivity contribution in [1.29, 1.82) is 0 Å². The second-order valence-electron chi connectivity index (χ2n) is 5.06. The quantitative estimate of drug-likeness (QED) is 0.727. The molecule has 82 valence electrons. The molecule has 0 saturated heterocycles. The van der Waals surface area contributed by atoms with Gasteiger partial charge in [-0.1, -0.05) is 13.3 Å². The first kappa shape index (κ1) is 10.4. The monoisotopic (exact) mass is 197 g/mol. The zero-order chi connectivity index (χ0) is 9.97. The van der Waals surface area contributed by atoms with Crippen LogP contribution in [-0.4, -0.2) is 35.7 Å². The first-order valence-electron chi connectivity index (χ1n) is 6.18. The van der Waals surface area contributed by atoms with E-state index >= 15 is 0 Å². The number of nitrogens with zero attached hydrogens (tertiary/aromatic N) is 1. The summed E-state index contributed by atoms with van der Waals surface area (Å²) in [5.74, 6) is 1.60. The van der Waals surface area contributed by atoms with Crippen LogP contribution in [0.25, 0.3) is 0 Å². The van der Waals surface area contributed by atoms with Gasteiger partial charge in [0, 0.05) is 19.2 Å². The molecule has 0 aromatic carbocycles. The predicted molar refractivity (Wildman–Crippen MR) is 58.2 cm³/mol. The molecule has 2 aliphatic carbocycles. The normalized spacial score (nSPS) is 32.8. The van der Waals surface area contributed by atoms with E-state index in [-0.39, 0.29) is 0 Å². The molecule has 0 radical (unpaired) electrons. The molecule has 0 amide bonds. The Morgan fingerprint density at radius 3 is 2.36 bits per heavy atom. The van der Waals surface area contributed by atoms with Crippen molar-refractivity contribution in [1.82, 2.24) is 4.90 Å². The van der Waals surface area contributed by atoms with E-state index < -0.39 is 0 Å². The van der Waals surface area contributed by atoms with Gasteiger partial charge in [0.1, 0.15) is 0 Å². The fourth-order valence-corrected chi connectivity index (χ4v) is 2.69. The molecule has 2 heteroatoms. The van der Waals surface area contributed by atoms with E-state index in [1.54, 1.807) is 0 Å². The van der Waals surface area contributed by atoms with Crippen LogP contribution in [0.15, 0.2) is 0 Å². The van der Waals surface area contributed by atoms with E-state index in [1.165, 1.54) is 45.2 Å². The Labute approximate surface area is 87.3 Å². The zero-order valence-electron chi connectivity index (χ0n) is 9.28. The Morgan fingerprint density at radius 1 is 1.21 bits per heavy atom. The minimum atomic E-state index is 0.400. The molecule has 2 fully saturated rings. The van der Waals surface area contributed by atoms with Crippen molar-refractivity contribution in [3.63, 3.8) is 0 Å².